The van der Waals surface area contributed by atoms with E-state index in [2.05, 4.69) is 23.3 Å². The number of benzene rings is 2. The molecule has 1 aromatic heterocycles. The number of hydrogen-bond donors (Lipinski definition) is 2. The SMILES string of the molecule is CC(N)=Nc1ccc(C(=O)NCC(c2cc3c(c(-c4ccc(F)cc4)n2)OCC3C)C2CC2)cc1C. The van der Waals surface area contributed by atoms with Gasteiger partial charge >= 0.3 is 0 Å². The minimum Gasteiger partial charge on any atom is -0.490 e. The van der Waals surface area contributed by atoms with Crippen molar-refractivity contribution < 1.29 is 13.9 Å². The predicted molar refractivity (Wildman–Crippen MR) is 139 cm³/mol. The molecule has 5 rings (SSSR count). The quantitative estimate of drug-likeness (QED) is 0.335. The van der Waals surface area contributed by atoms with Gasteiger partial charge in [-0.05, 0) is 86.7 Å². The van der Waals surface area contributed by atoms with Crippen molar-refractivity contribution in [3.63, 3.8) is 0 Å². The normalized spacial score (nSPS) is 17.9. The Morgan fingerprint density at radius 1 is 1.22 bits per heavy atom. The summed E-state index contributed by atoms with van der Waals surface area (Å²) in [7, 11) is 0. The molecular formula is C29H31FN4O2. The summed E-state index contributed by atoms with van der Waals surface area (Å²) >= 11 is 0. The average molecular weight is 487 g/mol. The monoisotopic (exact) mass is 486 g/mol. The third kappa shape index (κ3) is 4.96. The van der Waals surface area contributed by atoms with Crippen molar-refractivity contribution >= 4 is 17.4 Å². The summed E-state index contributed by atoms with van der Waals surface area (Å²) < 4.78 is 19.6. The standard InChI is InChI=1S/C29H31FN4O2/c1-16-12-21(8-11-25(16)33-18(3)31)29(35)32-14-24(19-4-5-19)26-13-23-17(2)15-36-28(23)27(34-26)20-6-9-22(30)10-7-20/h6-13,17,19,24H,4-5,14-15H2,1-3H3,(H2,31,33)(H,32,35). The van der Waals surface area contributed by atoms with E-state index in [0.717, 1.165) is 52.4 Å². The average Bonchev–Trinajstić information content (AvgIpc) is 3.62. The van der Waals surface area contributed by atoms with E-state index in [4.69, 9.17) is 15.5 Å². The Morgan fingerprint density at radius 2 is 1.97 bits per heavy atom. The van der Waals surface area contributed by atoms with Gasteiger partial charge in [-0.25, -0.2) is 14.4 Å². The van der Waals surface area contributed by atoms with Gasteiger partial charge in [0.15, 0.2) is 0 Å². The van der Waals surface area contributed by atoms with Crippen LogP contribution in [0.15, 0.2) is 53.5 Å². The zero-order valence-corrected chi connectivity index (χ0v) is 20.8. The van der Waals surface area contributed by atoms with Crippen molar-refractivity contribution in [1.82, 2.24) is 10.3 Å². The van der Waals surface area contributed by atoms with Crippen LogP contribution in [0.2, 0.25) is 0 Å². The molecule has 2 heterocycles. The number of amides is 1. The molecule has 36 heavy (non-hydrogen) atoms. The molecule has 0 saturated heterocycles. The van der Waals surface area contributed by atoms with E-state index in [1.807, 2.05) is 19.1 Å². The molecule has 1 amide bonds. The first kappa shape index (κ1) is 24.0. The lowest BCUT2D eigenvalue weighted by Crippen LogP contribution is -2.29. The van der Waals surface area contributed by atoms with Crippen LogP contribution in [0.5, 0.6) is 5.75 Å². The number of pyridine rings is 1. The number of amidine groups is 1. The van der Waals surface area contributed by atoms with Crippen molar-refractivity contribution in [3.05, 3.63) is 76.7 Å². The van der Waals surface area contributed by atoms with Crippen molar-refractivity contribution in [2.75, 3.05) is 13.2 Å². The van der Waals surface area contributed by atoms with Crippen LogP contribution in [-0.4, -0.2) is 29.9 Å². The van der Waals surface area contributed by atoms with E-state index < -0.39 is 0 Å². The molecule has 3 aromatic rings. The number of aryl methyl sites for hydroxylation is 1. The minimum absolute atomic E-state index is 0.0936. The smallest absolute Gasteiger partial charge is 0.251 e. The van der Waals surface area contributed by atoms with Gasteiger partial charge in [0.2, 0.25) is 0 Å². The lowest BCUT2D eigenvalue weighted by Gasteiger charge is -2.20. The number of ether oxygens (including phenoxy) is 1. The third-order valence-corrected chi connectivity index (χ3v) is 6.96. The number of carbonyl (C=O) groups excluding carboxylic acids is 1. The first-order valence-corrected chi connectivity index (χ1v) is 12.4. The van der Waals surface area contributed by atoms with Crippen LogP contribution in [0.1, 0.15) is 65.7 Å². The fraction of sp³-hybridized carbons (Fsp3) is 0.345. The summed E-state index contributed by atoms with van der Waals surface area (Å²) in [6.07, 6.45) is 2.23. The molecule has 1 fully saturated rings. The van der Waals surface area contributed by atoms with E-state index in [9.17, 15) is 9.18 Å². The molecule has 1 saturated carbocycles. The highest BCUT2D eigenvalue weighted by Crippen LogP contribution is 2.46. The number of rotatable bonds is 7. The molecule has 1 aliphatic carbocycles. The Bertz CT molecular complexity index is 1330. The van der Waals surface area contributed by atoms with Gasteiger partial charge in [-0.15, -0.1) is 0 Å². The molecule has 7 heteroatoms. The maximum atomic E-state index is 13.6. The lowest BCUT2D eigenvalue weighted by atomic mass is 9.93. The highest BCUT2D eigenvalue weighted by atomic mass is 19.1. The number of halogens is 1. The molecule has 2 atom stereocenters. The van der Waals surface area contributed by atoms with Crippen LogP contribution in [0.25, 0.3) is 11.3 Å². The van der Waals surface area contributed by atoms with Gasteiger partial charge in [0.25, 0.3) is 5.91 Å². The number of hydrogen-bond acceptors (Lipinski definition) is 4. The fourth-order valence-electron chi connectivity index (χ4n) is 4.81. The Kier molecular flexibility index (Phi) is 6.48. The zero-order valence-electron chi connectivity index (χ0n) is 20.8. The maximum absolute atomic E-state index is 13.6. The van der Waals surface area contributed by atoms with E-state index in [1.165, 1.54) is 12.1 Å². The van der Waals surface area contributed by atoms with Crippen LogP contribution in [0.4, 0.5) is 10.1 Å². The number of nitrogens with two attached hydrogens (primary N) is 1. The van der Waals surface area contributed by atoms with Gasteiger partial charge in [0.05, 0.1) is 18.1 Å². The van der Waals surface area contributed by atoms with Crippen LogP contribution < -0.4 is 15.8 Å². The van der Waals surface area contributed by atoms with Crippen LogP contribution in [-0.2, 0) is 0 Å². The Morgan fingerprint density at radius 3 is 2.64 bits per heavy atom. The maximum Gasteiger partial charge on any atom is 0.251 e. The number of carbonyl (C=O) groups is 1. The fourth-order valence-corrected chi connectivity index (χ4v) is 4.81. The summed E-state index contributed by atoms with van der Waals surface area (Å²) in [5.74, 6) is 1.66. The molecule has 0 spiro atoms. The van der Waals surface area contributed by atoms with Gasteiger partial charge in [0.1, 0.15) is 17.3 Å². The van der Waals surface area contributed by atoms with Crippen LogP contribution >= 0.6 is 0 Å². The summed E-state index contributed by atoms with van der Waals surface area (Å²) in [5.41, 5.74) is 11.6. The highest BCUT2D eigenvalue weighted by molar-refractivity contribution is 5.95. The first-order chi connectivity index (χ1) is 17.3. The number of nitrogens with one attached hydrogen (secondary N) is 1. The number of aliphatic imine (C=N–C) groups is 1. The summed E-state index contributed by atoms with van der Waals surface area (Å²) in [5, 5.41) is 3.13. The molecule has 3 N–H and O–H groups in total. The lowest BCUT2D eigenvalue weighted by molar-refractivity contribution is 0.0950. The topological polar surface area (TPSA) is 89.6 Å². The van der Waals surface area contributed by atoms with Crippen molar-refractivity contribution in [3.8, 4) is 17.0 Å². The Balaban J connectivity index is 1.41. The second kappa shape index (κ2) is 9.72. The Hall–Kier alpha value is -3.74. The third-order valence-electron chi connectivity index (χ3n) is 6.96. The molecule has 2 aliphatic rings. The van der Waals surface area contributed by atoms with Gasteiger partial charge in [-0.1, -0.05) is 6.92 Å². The van der Waals surface area contributed by atoms with Gasteiger partial charge < -0.3 is 15.8 Å². The summed E-state index contributed by atoms with van der Waals surface area (Å²) in [6, 6.07) is 13.9. The molecule has 2 aromatic carbocycles. The van der Waals surface area contributed by atoms with Crippen molar-refractivity contribution in [2.45, 2.75) is 45.4 Å². The molecule has 1 aliphatic heterocycles. The number of aromatic nitrogens is 1. The second-order valence-corrected chi connectivity index (χ2v) is 9.94. The Labute approximate surface area is 210 Å². The number of nitrogens with zero attached hydrogens (tertiary/aromatic N) is 2. The van der Waals surface area contributed by atoms with Crippen LogP contribution in [0.3, 0.4) is 0 Å². The van der Waals surface area contributed by atoms with Crippen molar-refractivity contribution in [2.24, 2.45) is 16.6 Å². The second-order valence-electron chi connectivity index (χ2n) is 9.94. The zero-order chi connectivity index (χ0) is 25.4. The van der Waals surface area contributed by atoms with Gasteiger partial charge in [-0.2, -0.15) is 0 Å². The molecule has 2 unspecified atom stereocenters. The van der Waals surface area contributed by atoms with E-state index >= 15 is 0 Å². The largest absolute Gasteiger partial charge is 0.490 e. The predicted octanol–water partition coefficient (Wildman–Crippen LogP) is 5.62. The number of fused-ring (bicyclic) bond motifs is 1. The van der Waals surface area contributed by atoms with Gasteiger partial charge in [-0.3, -0.25) is 4.79 Å². The van der Waals surface area contributed by atoms with Crippen LogP contribution in [0, 0.1) is 18.7 Å². The first-order valence-electron chi connectivity index (χ1n) is 12.4. The van der Waals surface area contributed by atoms with Crippen molar-refractivity contribution in [1.29, 1.82) is 0 Å². The highest BCUT2D eigenvalue weighted by Gasteiger charge is 2.36. The molecule has 0 radical (unpaired) electrons. The molecule has 186 valence electrons. The molecule has 6 nitrogen and oxygen atoms in total. The summed E-state index contributed by atoms with van der Waals surface area (Å²) in [6.45, 7) is 6.89. The minimum atomic E-state index is -0.285. The van der Waals surface area contributed by atoms with Gasteiger partial charge in [0, 0.05) is 40.8 Å². The van der Waals surface area contributed by atoms with E-state index in [-0.39, 0.29) is 23.6 Å². The summed E-state index contributed by atoms with van der Waals surface area (Å²) in [4.78, 5) is 22.3. The van der Waals surface area contributed by atoms with E-state index in [0.29, 0.717) is 30.5 Å². The molecular weight excluding hydrogens is 455 g/mol. The molecule has 0 bridgehead atoms. The van der Waals surface area contributed by atoms with E-state index in [1.54, 1.807) is 25.1 Å².